The molecule has 102 valence electrons. The van der Waals surface area contributed by atoms with Crippen LogP contribution in [0.2, 0.25) is 0 Å². The first-order valence-corrected chi connectivity index (χ1v) is 7.27. The van der Waals surface area contributed by atoms with E-state index in [-0.39, 0.29) is 5.54 Å². The number of nitrogens with one attached hydrogen (secondary N) is 1. The minimum Gasteiger partial charge on any atom is -0.312 e. The molecular formula is C16H33N. The fourth-order valence-electron chi connectivity index (χ4n) is 2.84. The van der Waals surface area contributed by atoms with Gasteiger partial charge < -0.3 is 5.32 Å². The van der Waals surface area contributed by atoms with E-state index >= 15 is 0 Å². The first-order valence-electron chi connectivity index (χ1n) is 7.27. The van der Waals surface area contributed by atoms with Gasteiger partial charge in [-0.05, 0) is 63.2 Å². The maximum Gasteiger partial charge on any atom is 0.00967 e. The SMILES string of the molecule is CC1(CNC(C)(C)C)CCC(C(C)(C)C)CC1. The first-order chi connectivity index (χ1) is 7.52. The van der Waals surface area contributed by atoms with Gasteiger partial charge in [0.1, 0.15) is 0 Å². The monoisotopic (exact) mass is 239 g/mol. The zero-order valence-corrected chi connectivity index (χ0v) is 13.1. The lowest BCUT2D eigenvalue weighted by Gasteiger charge is -2.43. The molecule has 1 rings (SSSR count). The Morgan fingerprint density at radius 2 is 1.47 bits per heavy atom. The molecule has 0 unspecified atom stereocenters. The molecule has 0 aromatic carbocycles. The highest BCUT2D eigenvalue weighted by Gasteiger charge is 2.35. The quantitative estimate of drug-likeness (QED) is 0.741. The summed E-state index contributed by atoms with van der Waals surface area (Å²) in [6.07, 6.45) is 5.59. The van der Waals surface area contributed by atoms with Gasteiger partial charge in [-0.15, -0.1) is 0 Å². The summed E-state index contributed by atoms with van der Waals surface area (Å²) in [7, 11) is 0. The van der Waals surface area contributed by atoms with Crippen LogP contribution in [0.5, 0.6) is 0 Å². The second-order valence-electron chi connectivity index (χ2n) is 8.55. The van der Waals surface area contributed by atoms with Crippen molar-refractivity contribution in [3.63, 3.8) is 0 Å². The largest absolute Gasteiger partial charge is 0.312 e. The predicted octanol–water partition coefficient (Wildman–Crippen LogP) is 4.62. The Hall–Kier alpha value is -0.0400. The third-order valence-corrected chi connectivity index (χ3v) is 4.46. The summed E-state index contributed by atoms with van der Waals surface area (Å²) in [5, 5.41) is 3.69. The molecule has 1 aliphatic rings. The van der Waals surface area contributed by atoms with E-state index in [1.165, 1.54) is 32.2 Å². The maximum atomic E-state index is 3.69. The van der Waals surface area contributed by atoms with Gasteiger partial charge >= 0.3 is 0 Å². The van der Waals surface area contributed by atoms with Gasteiger partial charge in [-0.2, -0.15) is 0 Å². The van der Waals surface area contributed by atoms with Crippen molar-refractivity contribution in [3.05, 3.63) is 0 Å². The molecule has 0 atom stereocenters. The molecule has 1 aliphatic carbocycles. The summed E-state index contributed by atoms with van der Waals surface area (Å²) >= 11 is 0. The lowest BCUT2D eigenvalue weighted by atomic mass is 9.64. The second-order valence-corrected chi connectivity index (χ2v) is 8.55. The normalized spacial score (nSPS) is 31.6. The number of hydrogen-bond donors (Lipinski definition) is 1. The molecule has 1 saturated carbocycles. The van der Waals surface area contributed by atoms with Crippen molar-refractivity contribution >= 4 is 0 Å². The topological polar surface area (TPSA) is 12.0 Å². The summed E-state index contributed by atoms with van der Waals surface area (Å²) in [6, 6.07) is 0. The summed E-state index contributed by atoms with van der Waals surface area (Å²) in [6.45, 7) is 17.6. The molecule has 0 aromatic heterocycles. The van der Waals surface area contributed by atoms with Crippen molar-refractivity contribution < 1.29 is 0 Å². The van der Waals surface area contributed by atoms with Crippen LogP contribution < -0.4 is 5.32 Å². The van der Waals surface area contributed by atoms with Crippen LogP contribution in [0.3, 0.4) is 0 Å². The van der Waals surface area contributed by atoms with Crippen LogP contribution in [0.4, 0.5) is 0 Å². The van der Waals surface area contributed by atoms with Crippen LogP contribution in [0, 0.1) is 16.7 Å². The van der Waals surface area contributed by atoms with E-state index in [0.717, 1.165) is 5.92 Å². The van der Waals surface area contributed by atoms with Crippen LogP contribution in [0.15, 0.2) is 0 Å². The van der Waals surface area contributed by atoms with Crippen molar-refractivity contribution in [2.75, 3.05) is 6.54 Å². The van der Waals surface area contributed by atoms with E-state index < -0.39 is 0 Å². The average molecular weight is 239 g/mol. The molecule has 1 heteroatoms. The fraction of sp³-hybridized carbons (Fsp3) is 1.00. The highest BCUT2D eigenvalue weighted by atomic mass is 15.0. The molecule has 1 N–H and O–H groups in total. The van der Waals surface area contributed by atoms with Gasteiger partial charge in [0.2, 0.25) is 0 Å². The van der Waals surface area contributed by atoms with Crippen molar-refractivity contribution in [2.45, 2.75) is 79.7 Å². The number of rotatable bonds is 2. The zero-order valence-electron chi connectivity index (χ0n) is 13.1. The lowest BCUT2D eigenvalue weighted by molar-refractivity contribution is 0.0937. The molecule has 17 heavy (non-hydrogen) atoms. The van der Waals surface area contributed by atoms with Gasteiger partial charge in [0.05, 0.1) is 0 Å². The van der Waals surface area contributed by atoms with Gasteiger partial charge in [-0.25, -0.2) is 0 Å². The molecule has 0 saturated heterocycles. The second kappa shape index (κ2) is 4.91. The summed E-state index contributed by atoms with van der Waals surface area (Å²) in [5.74, 6) is 0.921. The van der Waals surface area contributed by atoms with Gasteiger partial charge in [-0.3, -0.25) is 0 Å². The molecular weight excluding hydrogens is 206 g/mol. The van der Waals surface area contributed by atoms with Crippen molar-refractivity contribution in [2.24, 2.45) is 16.7 Å². The predicted molar refractivity (Wildman–Crippen MR) is 77.3 cm³/mol. The molecule has 0 bridgehead atoms. The highest BCUT2D eigenvalue weighted by molar-refractivity contribution is 4.89. The molecule has 0 aromatic rings. The maximum absolute atomic E-state index is 3.69. The van der Waals surface area contributed by atoms with Crippen LogP contribution in [-0.2, 0) is 0 Å². The molecule has 0 amide bonds. The van der Waals surface area contributed by atoms with Crippen LogP contribution >= 0.6 is 0 Å². The van der Waals surface area contributed by atoms with Gasteiger partial charge in [0.15, 0.2) is 0 Å². The Morgan fingerprint density at radius 1 is 1.00 bits per heavy atom. The molecule has 0 radical (unpaired) electrons. The fourth-order valence-corrected chi connectivity index (χ4v) is 2.84. The van der Waals surface area contributed by atoms with Gasteiger partial charge in [0, 0.05) is 12.1 Å². The molecule has 0 heterocycles. The minimum atomic E-state index is 0.254. The average Bonchev–Trinajstić information content (AvgIpc) is 2.13. The lowest BCUT2D eigenvalue weighted by Crippen LogP contribution is -2.44. The van der Waals surface area contributed by atoms with Crippen molar-refractivity contribution in [3.8, 4) is 0 Å². The zero-order chi connectivity index (χ0) is 13.3. The smallest absolute Gasteiger partial charge is 0.00967 e. The van der Waals surface area contributed by atoms with Crippen molar-refractivity contribution in [1.29, 1.82) is 0 Å². The van der Waals surface area contributed by atoms with E-state index in [4.69, 9.17) is 0 Å². The van der Waals surface area contributed by atoms with E-state index in [2.05, 4.69) is 53.8 Å². The Labute approximate surface area is 109 Å². The van der Waals surface area contributed by atoms with E-state index in [9.17, 15) is 0 Å². The summed E-state index contributed by atoms with van der Waals surface area (Å²) in [5.41, 5.74) is 1.28. The Kier molecular flexibility index (Phi) is 4.34. The first kappa shape index (κ1) is 15.0. The van der Waals surface area contributed by atoms with Crippen molar-refractivity contribution in [1.82, 2.24) is 5.32 Å². The van der Waals surface area contributed by atoms with E-state index in [1.807, 2.05) is 0 Å². The van der Waals surface area contributed by atoms with Crippen LogP contribution in [0.25, 0.3) is 0 Å². The minimum absolute atomic E-state index is 0.254. The summed E-state index contributed by atoms with van der Waals surface area (Å²) in [4.78, 5) is 0. The molecule has 0 aliphatic heterocycles. The number of hydrogen-bond acceptors (Lipinski definition) is 1. The van der Waals surface area contributed by atoms with E-state index in [0.29, 0.717) is 10.8 Å². The third-order valence-electron chi connectivity index (χ3n) is 4.46. The Bertz CT molecular complexity index is 233. The highest BCUT2D eigenvalue weighted by Crippen LogP contribution is 2.44. The van der Waals surface area contributed by atoms with E-state index in [1.54, 1.807) is 0 Å². The summed E-state index contributed by atoms with van der Waals surface area (Å²) < 4.78 is 0. The van der Waals surface area contributed by atoms with Crippen LogP contribution in [-0.4, -0.2) is 12.1 Å². The molecule has 1 fully saturated rings. The molecule has 1 nitrogen and oxygen atoms in total. The standard InChI is InChI=1S/C16H33N/c1-14(2,3)13-8-10-16(7,11-9-13)12-17-15(4,5)6/h13,17H,8-12H2,1-7H3. The Morgan fingerprint density at radius 3 is 1.82 bits per heavy atom. The molecule has 0 spiro atoms. The van der Waals surface area contributed by atoms with Gasteiger partial charge in [-0.1, -0.05) is 27.7 Å². The third kappa shape index (κ3) is 4.99. The van der Waals surface area contributed by atoms with Gasteiger partial charge in [0.25, 0.3) is 0 Å². The van der Waals surface area contributed by atoms with Crippen LogP contribution in [0.1, 0.15) is 74.1 Å². The Balaban J connectivity index is 2.44.